The van der Waals surface area contributed by atoms with Crippen LogP contribution in [-0.2, 0) is 16.6 Å². The number of benzene rings is 3. The zero-order valence-corrected chi connectivity index (χ0v) is 20.0. The number of hydrogen-bond acceptors (Lipinski definition) is 6. The van der Waals surface area contributed by atoms with Crippen LogP contribution in [0.5, 0.6) is 5.75 Å². The third-order valence-electron chi connectivity index (χ3n) is 5.00. The van der Waals surface area contributed by atoms with Crippen LogP contribution in [0.1, 0.15) is 27.3 Å². The quantitative estimate of drug-likeness (QED) is 0.371. The van der Waals surface area contributed by atoms with Crippen molar-refractivity contribution in [3.05, 3.63) is 107 Å². The lowest BCUT2D eigenvalue weighted by Crippen LogP contribution is -2.16. The minimum atomic E-state index is -3.89. The van der Waals surface area contributed by atoms with Gasteiger partial charge in [0, 0.05) is 17.1 Å². The monoisotopic (exact) mass is 488 g/mol. The molecule has 1 amide bonds. The van der Waals surface area contributed by atoms with E-state index in [4.69, 9.17) is 4.74 Å². The van der Waals surface area contributed by atoms with Crippen molar-refractivity contribution in [2.24, 2.45) is 0 Å². The molecule has 2 N–H and O–H groups in total. The Balaban J connectivity index is 1.45. The first-order valence-corrected chi connectivity index (χ1v) is 12.3. The fraction of sp³-hybridized carbons (Fsp3) is 0.115. The third kappa shape index (κ3) is 6.21. The Bertz CT molecular complexity index is 1420. The van der Waals surface area contributed by atoms with Gasteiger partial charge in [0.1, 0.15) is 12.4 Å². The normalized spacial score (nSPS) is 11.0. The van der Waals surface area contributed by atoms with Crippen LogP contribution in [0.3, 0.4) is 0 Å². The molecule has 3 aromatic carbocycles. The maximum Gasteiger partial charge on any atom is 0.264 e. The lowest BCUT2D eigenvalue weighted by Gasteiger charge is -2.12. The molecule has 4 aromatic rings. The molecule has 0 bridgehead atoms. The average Bonchev–Trinajstić information content (AvgIpc) is 2.83. The lowest BCUT2D eigenvalue weighted by atomic mass is 10.1. The second-order valence-electron chi connectivity index (χ2n) is 7.83. The van der Waals surface area contributed by atoms with E-state index < -0.39 is 10.0 Å². The van der Waals surface area contributed by atoms with Gasteiger partial charge in [0.2, 0.25) is 5.95 Å². The molecule has 0 saturated heterocycles. The van der Waals surface area contributed by atoms with E-state index in [0.29, 0.717) is 35.0 Å². The van der Waals surface area contributed by atoms with Gasteiger partial charge in [-0.15, -0.1) is 0 Å². The number of rotatable bonds is 8. The van der Waals surface area contributed by atoms with Crippen molar-refractivity contribution >= 4 is 27.6 Å². The number of hydrogen-bond donors (Lipinski definition) is 2. The van der Waals surface area contributed by atoms with Crippen LogP contribution < -0.4 is 14.8 Å². The van der Waals surface area contributed by atoms with E-state index in [2.05, 4.69) is 20.0 Å². The fourth-order valence-corrected chi connectivity index (χ4v) is 4.33. The summed E-state index contributed by atoms with van der Waals surface area (Å²) < 4.78 is 33.7. The summed E-state index contributed by atoms with van der Waals surface area (Å²) in [7, 11) is -3.89. The van der Waals surface area contributed by atoms with Gasteiger partial charge in [0.25, 0.3) is 15.9 Å². The standard InChI is InChI=1S/C26H24N4O4S/c1-18-16-19(2)28-26(27-18)30-35(32,33)22-14-12-21(13-15-22)29-25(31)23-10-6-7-11-24(23)34-17-20-8-4-3-5-9-20/h3-16H,17H2,1-2H3,(H,29,31)(H,27,28,30). The van der Waals surface area contributed by atoms with Gasteiger partial charge < -0.3 is 10.1 Å². The molecule has 0 atom stereocenters. The molecule has 0 saturated carbocycles. The Labute approximate surface area is 204 Å². The number of anilines is 2. The highest BCUT2D eigenvalue weighted by atomic mass is 32.2. The van der Waals surface area contributed by atoms with Crippen molar-refractivity contribution in [2.45, 2.75) is 25.3 Å². The molecule has 0 radical (unpaired) electrons. The minimum absolute atomic E-state index is 0.00647. The lowest BCUT2D eigenvalue weighted by molar-refractivity contribution is 0.102. The van der Waals surface area contributed by atoms with E-state index in [9.17, 15) is 13.2 Å². The number of aryl methyl sites for hydroxylation is 2. The summed E-state index contributed by atoms with van der Waals surface area (Å²) in [5, 5.41) is 2.78. The first kappa shape index (κ1) is 23.9. The zero-order valence-electron chi connectivity index (χ0n) is 19.2. The number of para-hydroxylation sites is 1. The molecule has 0 spiro atoms. The highest BCUT2D eigenvalue weighted by molar-refractivity contribution is 7.92. The Morgan fingerprint density at radius 1 is 0.857 bits per heavy atom. The largest absolute Gasteiger partial charge is 0.488 e. The second-order valence-corrected chi connectivity index (χ2v) is 9.51. The van der Waals surface area contributed by atoms with Gasteiger partial charge in [-0.3, -0.25) is 4.79 Å². The van der Waals surface area contributed by atoms with Gasteiger partial charge >= 0.3 is 0 Å². The first-order valence-electron chi connectivity index (χ1n) is 10.8. The van der Waals surface area contributed by atoms with Crippen molar-refractivity contribution in [3.63, 3.8) is 0 Å². The van der Waals surface area contributed by atoms with Crippen molar-refractivity contribution in [1.82, 2.24) is 9.97 Å². The van der Waals surface area contributed by atoms with E-state index in [0.717, 1.165) is 5.56 Å². The molecule has 0 fully saturated rings. The number of sulfonamides is 1. The van der Waals surface area contributed by atoms with Crippen molar-refractivity contribution in [1.29, 1.82) is 0 Å². The summed E-state index contributed by atoms with van der Waals surface area (Å²) in [5.74, 6) is 0.0868. The number of ether oxygens (including phenoxy) is 1. The first-order chi connectivity index (χ1) is 16.8. The van der Waals surface area contributed by atoms with Crippen LogP contribution in [0.4, 0.5) is 11.6 Å². The molecule has 0 aliphatic rings. The van der Waals surface area contributed by atoms with Crippen LogP contribution in [-0.4, -0.2) is 24.3 Å². The number of aromatic nitrogens is 2. The maximum atomic E-state index is 12.9. The molecule has 1 aromatic heterocycles. The smallest absolute Gasteiger partial charge is 0.264 e. The van der Waals surface area contributed by atoms with Gasteiger partial charge in [-0.05, 0) is 61.9 Å². The van der Waals surface area contributed by atoms with E-state index in [-0.39, 0.29) is 16.8 Å². The molecule has 0 aliphatic carbocycles. The molecule has 0 aliphatic heterocycles. The summed E-state index contributed by atoms with van der Waals surface area (Å²) in [4.78, 5) is 21.1. The minimum Gasteiger partial charge on any atom is -0.488 e. The van der Waals surface area contributed by atoms with Crippen LogP contribution in [0.25, 0.3) is 0 Å². The van der Waals surface area contributed by atoms with Crippen molar-refractivity contribution in [3.8, 4) is 5.75 Å². The SMILES string of the molecule is Cc1cc(C)nc(NS(=O)(=O)c2ccc(NC(=O)c3ccccc3OCc3ccccc3)cc2)n1. The molecular formula is C26H24N4O4S. The number of carbonyl (C=O) groups excluding carboxylic acids is 1. The van der Waals surface area contributed by atoms with Gasteiger partial charge in [0.05, 0.1) is 10.5 Å². The number of nitrogens with one attached hydrogen (secondary N) is 2. The highest BCUT2D eigenvalue weighted by Crippen LogP contribution is 2.22. The highest BCUT2D eigenvalue weighted by Gasteiger charge is 2.17. The van der Waals surface area contributed by atoms with Crippen LogP contribution in [0.15, 0.2) is 89.8 Å². The molecule has 0 unspecified atom stereocenters. The van der Waals surface area contributed by atoms with E-state index >= 15 is 0 Å². The summed E-state index contributed by atoms with van der Waals surface area (Å²) in [5.41, 5.74) is 3.10. The summed E-state index contributed by atoms with van der Waals surface area (Å²) >= 11 is 0. The number of carbonyl (C=O) groups is 1. The average molecular weight is 489 g/mol. The summed E-state index contributed by atoms with van der Waals surface area (Å²) in [6, 6.07) is 24.2. The van der Waals surface area contributed by atoms with Gasteiger partial charge in [-0.25, -0.2) is 23.1 Å². The van der Waals surface area contributed by atoms with E-state index in [1.807, 2.05) is 30.3 Å². The third-order valence-corrected chi connectivity index (χ3v) is 6.34. The van der Waals surface area contributed by atoms with E-state index in [1.165, 1.54) is 24.3 Å². The molecule has 8 nitrogen and oxygen atoms in total. The van der Waals surface area contributed by atoms with Crippen molar-refractivity contribution in [2.75, 3.05) is 10.0 Å². The topological polar surface area (TPSA) is 110 Å². The molecular weight excluding hydrogens is 464 g/mol. The van der Waals surface area contributed by atoms with Gasteiger partial charge in [-0.2, -0.15) is 0 Å². The van der Waals surface area contributed by atoms with Crippen LogP contribution >= 0.6 is 0 Å². The van der Waals surface area contributed by atoms with Crippen LogP contribution in [0.2, 0.25) is 0 Å². The Hall–Kier alpha value is -4.24. The fourth-order valence-electron chi connectivity index (χ4n) is 3.38. The van der Waals surface area contributed by atoms with Gasteiger partial charge in [0.15, 0.2) is 0 Å². The summed E-state index contributed by atoms with van der Waals surface area (Å²) in [6.07, 6.45) is 0. The van der Waals surface area contributed by atoms with E-state index in [1.54, 1.807) is 44.2 Å². The molecule has 178 valence electrons. The zero-order chi connectivity index (χ0) is 24.8. The predicted molar refractivity (Wildman–Crippen MR) is 134 cm³/mol. The number of nitrogens with zero attached hydrogens (tertiary/aromatic N) is 2. The molecule has 35 heavy (non-hydrogen) atoms. The van der Waals surface area contributed by atoms with Gasteiger partial charge in [-0.1, -0.05) is 42.5 Å². The Morgan fingerprint density at radius 2 is 1.49 bits per heavy atom. The van der Waals surface area contributed by atoms with Crippen molar-refractivity contribution < 1.29 is 17.9 Å². The molecule has 1 heterocycles. The second kappa shape index (κ2) is 10.4. The Kier molecular flexibility index (Phi) is 7.07. The van der Waals surface area contributed by atoms with Crippen LogP contribution in [0, 0.1) is 13.8 Å². The molecule has 4 rings (SSSR count). The Morgan fingerprint density at radius 3 is 2.17 bits per heavy atom. The molecule has 9 heteroatoms. The predicted octanol–water partition coefficient (Wildman–Crippen LogP) is 4.73. The summed E-state index contributed by atoms with van der Waals surface area (Å²) in [6.45, 7) is 3.85. The number of amides is 1. The maximum absolute atomic E-state index is 12.9.